The van der Waals surface area contributed by atoms with Crippen LogP contribution in [0.2, 0.25) is 0 Å². The lowest BCUT2D eigenvalue weighted by atomic mass is 10.2. The van der Waals surface area contributed by atoms with Gasteiger partial charge in [-0.2, -0.15) is 0 Å². The quantitative estimate of drug-likeness (QED) is 0.825. The Bertz CT molecular complexity index is 682. The van der Waals surface area contributed by atoms with E-state index in [1.165, 1.54) is 29.6 Å². The van der Waals surface area contributed by atoms with Crippen LogP contribution in [0, 0.1) is 0 Å². The van der Waals surface area contributed by atoms with E-state index in [-0.39, 0.29) is 5.91 Å². The Morgan fingerprint density at radius 2 is 2.09 bits per heavy atom. The standard InChI is InChI=1S/C18H18N2OS2/c21-17(8-7-14-4-2-9-19-13-14)20-16-6-1-5-15(12-16)18-22-10-3-11-23-18/h1-2,4-9,12-13,18H,3,10-11H2,(H,20,21)/b8-7+. The topological polar surface area (TPSA) is 42.0 Å². The number of hydrogen-bond donors (Lipinski definition) is 1. The second-order valence-corrected chi connectivity index (χ2v) is 7.89. The largest absolute Gasteiger partial charge is 0.323 e. The molecule has 0 atom stereocenters. The summed E-state index contributed by atoms with van der Waals surface area (Å²) in [6.07, 6.45) is 8.01. The van der Waals surface area contributed by atoms with Gasteiger partial charge in [-0.15, -0.1) is 23.5 Å². The van der Waals surface area contributed by atoms with Crippen LogP contribution in [0.4, 0.5) is 5.69 Å². The number of amides is 1. The van der Waals surface area contributed by atoms with Crippen LogP contribution in [0.25, 0.3) is 6.08 Å². The molecule has 0 saturated carbocycles. The molecule has 1 aromatic heterocycles. The number of pyridine rings is 1. The number of thioether (sulfide) groups is 2. The SMILES string of the molecule is O=C(/C=C/c1cccnc1)Nc1cccc(C2SCCCS2)c1. The van der Waals surface area contributed by atoms with Crippen molar-refractivity contribution >= 4 is 41.2 Å². The lowest BCUT2D eigenvalue weighted by Crippen LogP contribution is -2.08. The molecule has 0 spiro atoms. The van der Waals surface area contributed by atoms with Crippen LogP contribution in [0.15, 0.2) is 54.9 Å². The van der Waals surface area contributed by atoms with Gasteiger partial charge in [0.1, 0.15) is 0 Å². The van der Waals surface area contributed by atoms with Gasteiger partial charge in [0.2, 0.25) is 5.91 Å². The summed E-state index contributed by atoms with van der Waals surface area (Å²) in [4.78, 5) is 16.1. The number of carbonyl (C=O) groups is 1. The van der Waals surface area contributed by atoms with Gasteiger partial charge < -0.3 is 5.32 Å². The van der Waals surface area contributed by atoms with Crippen molar-refractivity contribution < 1.29 is 4.79 Å². The summed E-state index contributed by atoms with van der Waals surface area (Å²) in [5.41, 5.74) is 3.02. The molecule has 0 radical (unpaired) electrons. The fraction of sp³-hybridized carbons (Fsp3) is 0.222. The second kappa shape index (κ2) is 8.22. The number of nitrogens with zero attached hydrogens (tertiary/aromatic N) is 1. The first-order valence-corrected chi connectivity index (χ1v) is 9.63. The van der Waals surface area contributed by atoms with Crippen LogP contribution in [-0.4, -0.2) is 22.4 Å². The van der Waals surface area contributed by atoms with Crippen LogP contribution in [-0.2, 0) is 4.79 Å². The highest BCUT2D eigenvalue weighted by Gasteiger charge is 2.16. The average molecular weight is 342 g/mol. The summed E-state index contributed by atoms with van der Waals surface area (Å²) in [5.74, 6) is 2.29. The number of anilines is 1. The summed E-state index contributed by atoms with van der Waals surface area (Å²) in [6, 6.07) is 11.9. The number of hydrogen-bond acceptors (Lipinski definition) is 4. The van der Waals surface area contributed by atoms with E-state index in [9.17, 15) is 4.79 Å². The van der Waals surface area contributed by atoms with Gasteiger partial charge in [-0.25, -0.2) is 0 Å². The molecule has 1 fully saturated rings. The van der Waals surface area contributed by atoms with Crippen LogP contribution in [0.3, 0.4) is 0 Å². The predicted octanol–water partition coefficient (Wildman–Crippen LogP) is 4.60. The van der Waals surface area contributed by atoms with Gasteiger partial charge in [-0.05, 0) is 53.3 Å². The molecule has 1 aromatic carbocycles. The molecular weight excluding hydrogens is 324 g/mol. The summed E-state index contributed by atoms with van der Waals surface area (Å²) >= 11 is 3.96. The molecule has 2 heterocycles. The minimum Gasteiger partial charge on any atom is -0.323 e. The van der Waals surface area contributed by atoms with Gasteiger partial charge in [-0.3, -0.25) is 9.78 Å². The highest BCUT2D eigenvalue weighted by molar-refractivity contribution is 8.16. The van der Waals surface area contributed by atoms with E-state index in [1.807, 2.05) is 47.8 Å². The molecular formula is C18H18N2OS2. The van der Waals surface area contributed by atoms with E-state index in [2.05, 4.69) is 22.4 Å². The highest BCUT2D eigenvalue weighted by atomic mass is 32.2. The van der Waals surface area contributed by atoms with Crippen molar-refractivity contribution in [1.82, 2.24) is 4.98 Å². The number of benzene rings is 1. The van der Waals surface area contributed by atoms with Gasteiger partial charge in [0.25, 0.3) is 0 Å². The molecule has 0 aliphatic carbocycles. The monoisotopic (exact) mass is 342 g/mol. The third kappa shape index (κ3) is 4.88. The van der Waals surface area contributed by atoms with Gasteiger partial charge in [0.15, 0.2) is 0 Å². The zero-order chi connectivity index (χ0) is 15.9. The van der Waals surface area contributed by atoms with Crippen molar-refractivity contribution in [2.75, 3.05) is 16.8 Å². The minimum absolute atomic E-state index is 0.130. The van der Waals surface area contributed by atoms with Crippen LogP contribution < -0.4 is 5.32 Å². The van der Waals surface area contributed by atoms with E-state index in [0.717, 1.165) is 11.3 Å². The molecule has 1 aliphatic rings. The fourth-order valence-electron chi connectivity index (χ4n) is 2.27. The molecule has 1 aliphatic heterocycles. The molecule has 3 nitrogen and oxygen atoms in total. The van der Waals surface area contributed by atoms with E-state index >= 15 is 0 Å². The molecule has 3 rings (SSSR count). The Kier molecular flexibility index (Phi) is 5.77. The fourth-order valence-corrected chi connectivity index (χ4v) is 5.15. The van der Waals surface area contributed by atoms with Gasteiger partial charge >= 0.3 is 0 Å². The maximum Gasteiger partial charge on any atom is 0.248 e. The predicted molar refractivity (Wildman–Crippen MR) is 101 cm³/mol. The summed E-state index contributed by atoms with van der Waals surface area (Å²) in [6.45, 7) is 0. The third-order valence-corrected chi connectivity index (χ3v) is 6.38. The summed E-state index contributed by atoms with van der Waals surface area (Å²) in [5, 5.41) is 2.93. The third-order valence-electron chi connectivity index (χ3n) is 3.37. The molecule has 118 valence electrons. The lowest BCUT2D eigenvalue weighted by molar-refractivity contribution is -0.111. The van der Waals surface area contributed by atoms with Crippen LogP contribution >= 0.6 is 23.5 Å². The average Bonchev–Trinajstić information content (AvgIpc) is 2.62. The number of rotatable bonds is 4. The van der Waals surface area contributed by atoms with Crippen molar-refractivity contribution in [3.63, 3.8) is 0 Å². The first-order valence-electron chi connectivity index (χ1n) is 7.53. The number of nitrogens with one attached hydrogen (secondary N) is 1. The normalized spacial score (nSPS) is 15.7. The molecule has 1 N–H and O–H groups in total. The van der Waals surface area contributed by atoms with Crippen molar-refractivity contribution in [3.05, 3.63) is 66.0 Å². The molecule has 0 unspecified atom stereocenters. The molecule has 0 bridgehead atoms. The van der Waals surface area contributed by atoms with E-state index in [0.29, 0.717) is 4.58 Å². The Morgan fingerprint density at radius 3 is 2.87 bits per heavy atom. The Hall–Kier alpha value is -1.72. The Balaban J connectivity index is 1.63. The maximum atomic E-state index is 12.0. The molecule has 1 amide bonds. The van der Waals surface area contributed by atoms with Crippen LogP contribution in [0.5, 0.6) is 0 Å². The molecule has 1 saturated heterocycles. The van der Waals surface area contributed by atoms with Gasteiger partial charge in [0, 0.05) is 24.2 Å². The number of aromatic nitrogens is 1. The van der Waals surface area contributed by atoms with E-state index < -0.39 is 0 Å². The van der Waals surface area contributed by atoms with E-state index in [1.54, 1.807) is 18.5 Å². The first kappa shape index (κ1) is 16.1. The van der Waals surface area contributed by atoms with Gasteiger partial charge in [-0.1, -0.05) is 18.2 Å². The summed E-state index contributed by atoms with van der Waals surface area (Å²) in [7, 11) is 0. The zero-order valence-corrected chi connectivity index (χ0v) is 14.3. The summed E-state index contributed by atoms with van der Waals surface area (Å²) < 4.78 is 0.478. The Labute approximate surface area is 145 Å². The van der Waals surface area contributed by atoms with Crippen molar-refractivity contribution in [2.24, 2.45) is 0 Å². The smallest absolute Gasteiger partial charge is 0.248 e. The minimum atomic E-state index is -0.130. The van der Waals surface area contributed by atoms with Gasteiger partial charge in [0.05, 0.1) is 4.58 Å². The van der Waals surface area contributed by atoms with E-state index in [4.69, 9.17) is 0 Å². The zero-order valence-electron chi connectivity index (χ0n) is 12.6. The highest BCUT2D eigenvalue weighted by Crippen LogP contribution is 2.43. The van der Waals surface area contributed by atoms with Crippen LogP contribution in [0.1, 0.15) is 22.1 Å². The lowest BCUT2D eigenvalue weighted by Gasteiger charge is -2.21. The number of carbonyl (C=O) groups excluding carboxylic acids is 1. The van der Waals surface area contributed by atoms with Crippen molar-refractivity contribution in [2.45, 2.75) is 11.0 Å². The molecule has 23 heavy (non-hydrogen) atoms. The van der Waals surface area contributed by atoms with Crippen molar-refractivity contribution in [1.29, 1.82) is 0 Å². The second-order valence-electron chi connectivity index (χ2n) is 5.16. The molecule has 5 heteroatoms. The molecule has 2 aromatic rings. The maximum absolute atomic E-state index is 12.0. The Morgan fingerprint density at radius 1 is 1.22 bits per heavy atom. The first-order chi connectivity index (χ1) is 11.3. The van der Waals surface area contributed by atoms with Crippen molar-refractivity contribution in [3.8, 4) is 0 Å².